The van der Waals surface area contributed by atoms with Crippen molar-refractivity contribution in [3.8, 4) is 11.4 Å². The zero-order valence-corrected chi connectivity index (χ0v) is 27.1. The second kappa shape index (κ2) is 15.7. The van der Waals surface area contributed by atoms with Crippen molar-refractivity contribution in [3.63, 3.8) is 0 Å². The molecule has 0 bridgehead atoms. The number of unbranched alkanes of at least 4 members (excludes halogenated alkanes) is 9. The number of nitrogens with zero attached hydrogens (tertiary/aromatic N) is 2. The molecule has 3 aliphatic rings. The summed E-state index contributed by atoms with van der Waals surface area (Å²) in [5.74, 6) is -0.472. The minimum atomic E-state index is -1.79. The Bertz CT molecular complexity index is 1630. The van der Waals surface area contributed by atoms with Crippen molar-refractivity contribution >= 4 is 22.8 Å². The molecule has 0 fully saturated rings. The van der Waals surface area contributed by atoms with Crippen LogP contribution in [0.5, 0.6) is 0 Å². The fraction of sp³-hybridized carbons (Fsp3) is 0.526. The normalized spacial score (nSPS) is 19.3. The molecule has 0 saturated carbocycles. The Morgan fingerprint density at radius 1 is 1.00 bits per heavy atom. The van der Waals surface area contributed by atoms with E-state index in [1.165, 1.54) is 70.6 Å². The fourth-order valence-electron chi connectivity index (χ4n) is 6.96. The number of rotatable bonds is 14. The largest absolute Gasteiger partial charge is 0.481 e. The van der Waals surface area contributed by atoms with Gasteiger partial charge in [-0.15, -0.1) is 0 Å². The number of hydrogen-bond donors (Lipinski definition) is 2. The standard InChI is InChI=1S/C20H16N2O4.C18H32O2/c1-2-20(25)14-8-16-17-12(7-11-5-3-4-6-15(11)21-17)9-22(16)18(23)13(14)10-26-19(20)24;19-18(20)16-10-8-6-4-2-1-3-5-7-9-13-17-14-11-12-15-17/h3-8,25H,2,9-10H2,1H3;11,14,17H,1-10,12-13,15-16H2,(H,19,20). The van der Waals surface area contributed by atoms with E-state index in [-0.39, 0.29) is 18.6 Å². The highest BCUT2D eigenvalue weighted by Gasteiger charge is 2.45. The van der Waals surface area contributed by atoms with E-state index in [0.717, 1.165) is 40.9 Å². The van der Waals surface area contributed by atoms with Gasteiger partial charge >= 0.3 is 11.9 Å². The van der Waals surface area contributed by atoms with Crippen LogP contribution in [0.25, 0.3) is 22.3 Å². The van der Waals surface area contributed by atoms with Gasteiger partial charge in [-0.05, 0) is 56.2 Å². The number of carboxylic acids is 1. The Balaban J connectivity index is 0.000000189. The number of allylic oxidation sites excluding steroid dienone is 2. The summed E-state index contributed by atoms with van der Waals surface area (Å²) in [4.78, 5) is 40.2. The number of para-hydroxylation sites is 1. The van der Waals surface area contributed by atoms with Gasteiger partial charge in [-0.3, -0.25) is 9.59 Å². The van der Waals surface area contributed by atoms with Gasteiger partial charge in [0.25, 0.3) is 5.56 Å². The molecule has 0 saturated heterocycles. The first kappa shape index (κ1) is 33.6. The first-order valence-electron chi connectivity index (χ1n) is 17.3. The molecular weight excluding hydrogens is 580 g/mol. The molecule has 0 amide bonds. The van der Waals surface area contributed by atoms with Crippen molar-refractivity contribution < 1.29 is 24.5 Å². The van der Waals surface area contributed by atoms with Crippen molar-refractivity contribution in [2.75, 3.05) is 0 Å². The Hall–Kier alpha value is -3.78. The Kier molecular flexibility index (Phi) is 11.4. The summed E-state index contributed by atoms with van der Waals surface area (Å²) in [6.45, 7) is 2.01. The number of cyclic esters (lactones) is 1. The summed E-state index contributed by atoms with van der Waals surface area (Å²) in [5.41, 5.74) is 1.81. The van der Waals surface area contributed by atoms with Gasteiger partial charge in [0.1, 0.15) is 6.61 Å². The SMILES string of the molecule is CCC1(O)C(=O)OCc2c1cc1n(c2=O)Cc2cc3ccccc3nc2-1.O=C(O)CCCCCCCCCCCCC1C=CCC1. The van der Waals surface area contributed by atoms with Crippen molar-refractivity contribution in [2.45, 2.75) is 122 Å². The fourth-order valence-corrected chi connectivity index (χ4v) is 6.96. The molecule has 2 atom stereocenters. The van der Waals surface area contributed by atoms with Crippen molar-refractivity contribution in [2.24, 2.45) is 5.92 Å². The monoisotopic (exact) mass is 628 g/mol. The van der Waals surface area contributed by atoms with Crippen molar-refractivity contribution in [1.29, 1.82) is 0 Å². The Morgan fingerprint density at radius 2 is 1.70 bits per heavy atom. The third-order valence-electron chi connectivity index (χ3n) is 9.74. The molecule has 8 heteroatoms. The first-order chi connectivity index (χ1) is 22.3. The van der Waals surface area contributed by atoms with E-state index >= 15 is 0 Å². The minimum Gasteiger partial charge on any atom is -0.481 e. The molecule has 0 spiro atoms. The van der Waals surface area contributed by atoms with Crippen LogP contribution in [0.15, 0.2) is 53.3 Å². The van der Waals surface area contributed by atoms with Crippen LogP contribution in [-0.4, -0.2) is 31.7 Å². The van der Waals surface area contributed by atoms with E-state index in [9.17, 15) is 19.5 Å². The van der Waals surface area contributed by atoms with Crippen LogP contribution in [0.2, 0.25) is 0 Å². The van der Waals surface area contributed by atoms with Crippen LogP contribution in [0.4, 0.5) is 0 Å². The first-order valence-corrected chi connectivity index (χ1v) is 17.3. The van der Waals surface area contributed by atoms with Crippen LogP contribution in [0, 0.1) is 5.92 Å². The maximum absolute atomic E-state index is 13.0. The van der Waals surface area contributed by atoms with Crippen LogP contribution in [-0.2, 0) is 33.1 Å². The average Bonchev–Trinajstić information content (AvgIpc) is 3.71. The lowest BCUT2D eigenvalue weighted by Crippen LogP contribution is -2.44. The summed E-state index contributed by atoms with van der Waals surface area (Å²) in [6, 6.07) is 11.6. The number of ether oxygens (including phenoxy) is 1. The third kappa shape index (κ3) is 7.77. The quantitative estimate of drug-likeness (QED) is 0.0831. The lowest BCUT2D eigenvalue weighted by molar-refractivity contribution is -0.172. The summed E-state index contributed by atoms with van der Waals surface area (Å²) in [5, 5.41) is 20.4. The summed E-state index contributed by atoms with van der Waals surface area (Å²) < 4.78 is 6.72. The molecule has 46 heavy (non-hydrogen) atoms. The maximum atomic E-state index is 13.0. The number of pyridine rings is 2. The number of fused-ring (bicyclic) bond motifs is 5. The number of carbonyl (C=O) groups excluding carboxylic acids is 1. The molecule has 0 radical (unpaired) electrons. The summed E-state index contributed by atoms with van der Waals surface area (Å²) in [7, 11) is 0. The predicted molar refractivity (Wildman–Crippen MR) is 179 cm³/mol. The highest BCUT2D eigenvalue weighted by Crippen LogP contribution is 2.38. The molecule has 2 aliphatic heterocycles. The molecular formula is C38H48N2O6. The molecule has 246 valence electrons. The predicted octanol–water partition coefficient (Wildman–Crippen LogP) is 7.80. The van der Waals surface area contributed by atoms with E-state index in [2.05, 4.69) is 12.2 Å². The zero-order chi connectivity index (χ0) is 32.5. The van der Waals surface area contributed by atoms with Crippen LogP contribution >= 0.6 is 0 Å². The number of esters is 1. The van der Waals surface area contributed by atoms with Gasteiger partial charge in [-0.2, -0.15) is 0 Å². The number of aliphatic hydroxyl groups is 1. The second-order valence-corrected chi connectivity index (χ2v) is 13.0. The molecule has 2 N–H and O–H groups in total. The number of carboxylic acid groups (broad SMARTS) is 1. The Morgan fingerprint density at radius 3 is 2.37 bits per heavy atom. The number of aromatic nitrogens is 2. The van der Waals surface area contributed by atoms with E-state index in [0.29, 0.717) is 29.8 Å². The molecule has 1 aromatic carbocycles. The molecule has 8 nitrogen and oxygen atoms in total. The van der Waals surface area contributed by atoms with E-state index in [1.54, 1.807) is 17.6 Å². The lowest BCUT2D eigenvalue weighted by Gasteiger charge is -2.31. The molecule has 2 aromatic heterocycles. The topological polar surface area (TPSA) is 119 Å². The van der Waals surface area contributed by atoms with Crippen molar-refractivity contribution in [3.05, 3.63) is 75.6 Å². The zero-order valence-electron chi connectivity index (χ0n) is 27.1. The van der Waals surface area contributed by atoms with Gasteiger partial charge in [0.15, 0.2) is 5.60 Å². The molecule has 6 rings (SSSR count). The van der Waals surface area contributed by atoms with E-state index in [1.807, 2.05) is 30.3 Å². The van der Waals surface area contributed by atoms with E-state index < -0.39 is 17.5 Å². The van der Waals surface area contributed by atoms with Gasteiger partial charge in [-0.25, -0.2) is 9.78 Å². The van der Waals surface area contributed by atoms with Crippen molar-refractivity contribution in [1.82, 2.24) is 9.55 Å². The minimum absolute atomic E-state index is 0.110. The van der Waals surface area contributed by atoms with Crippen LogP contribution in [0.3, 0.4) is 0 Å². The molecule has 2 unspecified atom stereocenters. The Labute approximate surface area is 271 Å². The van der Waals surface area contributed by atoms with Crippen LogP contribution in [0.1, 0.15) is 120 Å². The van der Waals surface area contributed by atoms with Gasteiger partial charge in [-0.1, -0.05) is 95.1 Å². The summed E-state index contributed by atoms with van der Waals surface area (Å²) >= 11 is 0. The van der Waals surface area contributed by atoms with Gasteiger partial charge in [0.05, 0.1) is 29.0 Å². The number of benzene rings is 1. The average molecular weight is 629 g/mol. The summed E-state index contributed by atoms with van der Waals surface area (Å²) in [6.07, 6.45) is 22.0. The lowest BCUT2D eigenvalue weighted by atomic mass is 9.86. The maximum Gasteiger partial charge on any atom is 0.343 e. The highest BCUT2D eigenvalue weighted by atomic mass is 16.6. The van der Waals surface area contributed by atoms with Gasteiger partial charge in [0, 0.05) is 22.9 Å². The smallest absolute Gasteiger partial charge is 0.343 e. The second-order valence-electron chi connectivity index (χ2n) is 13.0. The molecule has 4 heterocycles. The molecule has 1 aliphatic carbocycles. The third-order valence-corrected chi connectivity index (χ3v) is 9.74. The number of carbonyl (C=O) groups is 2. The van der Waals surface area contributed by atoms with Gasteiger partial charge in [0.2, 0.25) is 0 Å². The molecule has 3 aromatic rings. The van der Waals surface area contributed by atoms with Gasteiger partial charge < -0.3 is 19.5 Å². The van der Waals surface area contributed by atoms with Crippen LogP contribution < -0.4 is 5.56 Å². The number of aliphatic carboxylic acids is 1. The highest BCUT2D eigenvalue weighted by molar-refractivity contribution is 5.86. The van der Waals surface area contributed by atoms with E-state index in [4.69, 9.17) is 14.8 Å². The number of hydrogen-bond acceptors (Lipinski definition) is 6.